The van der Waals surface area contributed by atoms with Crippen LogP contribution < -0.4 is 24.7 Å². The number of pyridine rings is 1. The maximum Gasteiger partial charge on any atom is 0.319 e. The summed E-state index contributed by atoms with van der Waals surface area (Å²) in [6, 6.07) is 23.8. The number of benzene rings is 3. The van der Waals surface area contributed by atoms with E-state index in [1.165, 1.54) is 22.5 Å². The number of phenols is 1. The molecule has 2 saturated heterocycles. The fourth-order valence-electron chi connectivity index (χ4n) is 9.79. The van der Waals surface area contributed by atoms with Crippen LogP contribution in [-0.2, 0) is 4.43 Å². The Balaban J connectivity index is 1.10. The quantitative estimate of drug-likeness (QED) is 0.133. The minimum atomic E-state index is -2.83. The summed E-state index contributed by atoms with van der Waals surface area (Å²) in [4.78, 5) is 18.6. The van der Waals surface area contributed by atoms with Crippen molar-refractivity contribution in [2.45, 2.75) is 88.0 Å². The number of fused-ring (bicyclic) bond motifs is 1. The molecule has 1 aliphatic carbocycles. The third-order valence-corrected chi connectivity index (χ3v) is 18.1. The van der Waals surface area contributed by atoms with Gasteiger partial charge in [0.2, 0.25) is 5.88 Å². The second-order valence-electron chi connectivity index (χ2n) is 17.5. The molecule has 9 nitrogen and oxygen atoms in total. The minimum absolute atomic E-state index is 0.000419. The van der Waals surface area contributed by atoms with Gasteiger partial charge in [0.25, 0.3) is 8.32 Å². The van der Waals surface area contributed by atoms with Gasteiger partial charge in [0.05, 0.1) is 11.6 Å². The fraction of sp³-hybridized carbons (Fsp3) is 0.444. The highest BCUT2D eigenvalue weighted by molar-refractivity contribution is 6.99. The number of phenolic OH excluding ortho intramolecular Hbond substituents is 1. The van der Waals surface area contributed by atoms with Crippen LogP contribution in [0.1, 0.15) is 70.8 Å². The molecule has 1 saturated carbocycles. The number of hydrogen-bond donors (Lipinski definition) is 1. The largest absolute Gasteiger partial charge is 0.508 e. The predicted molar refractivity (Wildman–Crippen MR) is 226 cm³/mol. The highest BCUT2D eigenvalue weighted by Gasteiger charge is 2.51. The molecule has 3 fully saturated rings. The Morgan fingerprint density at radius 1 is 1.02 bits per heavy atom. The van der Waals surface area contributed by atoms with Gasteiger partial charge < -0.3 is 23.9 Å². The first-order chi connectivity index (χ1) is 27.9. The molecule has 3 atom stereocenters. The van der Waals surface area contributed by atoms with Crippen molar-refractivity contribution >= 4 is 47.0 Å². The van der Waals surface area contributed by atoms with E-state index < -0.39 is 25.8 Å². The molecule has 2 aromatic heterocycles. The average molecular weight is 826 g/mol. The SMILES string of the molecule is CN1c2nc(OC[C@@]34CCCN3C[C@H](F)C4)nc3c(F)c(-c4cc(O)cc(Cl)c4C4CC4)nc(c23)OC[C@@H]1CCO[Si](c1ccccc1)(c1ccccc1)C(C)(C)C. The van der Waals surface area contributed by atoms with Gasteiger partial charge >= 0.3 is 6.01 Å². The highest BCUT2D eigenvalue weighted by Crippen LogP contribution is 2.50. The summed E-state index contributed by atoms with van der Waals surface area (Å²) in [7, 11) is -0.908. The van der Waals surface area contributed by atoms with Crippen LogP contribution in [0.4, 0.5) is 14.6 Å². The molecule has 3 aromatic carbocycles. The smallest absolute Gasteiger partial charge is 0.319 e. The predicted octanol–water partition coefficient (Wildman–Crippen LogP) is 8.19. The normalized spacial score (nSPS) is 22.2. The standard InChI is InChI=1S/C45H50ClF2N5O4Si/c1-44(2,3)58(32-12-7-5-8-13-32,33-14-9-6-10-15-33)57-21-18-30-26-55-42-37-40(38(48)39(49-42)34-22-31(54)23-35(46)36(34)28-16-17-28)50-43(51-41(37)52(30)4)56-27-45-19-11-20-53(45)25-29(47)24-45/h5-10,12-15,22-23,28-30,54H,11,16-21,24-27H2,1-4H3/t29-,30+,45+/m1/s1. The van der Waals surface area contributed by atoms with E-state index in [-0.39, 0.29) is 59.1 Å². The molecule has 0 spiro atoms. The number of anilines is 1. The van der Waals surface area contributed by atoms with Crippen molar-refractivity contribution in [2.75, 3.05) is 44.9 Å². The van der Waals surface area contributed by atoms with Crippen molar-refractivity contribution in [3.63, 3.8) is 0 Å². The highest BCUT2D eigenvalue weighted by atomic mass is 35.5. The first-order valence-electron chi connectivity index (χ1n) is 20.4. The van der Waals surface area contributed by atoms with Crippen LogP contribution in [0.5, 0.6) is 17.6 Å². The van der Waals surface area contributed by atoms with Crippen molar-refractivity contribution in [2.24, 2.45) is 0 Å². The van der Waals surface area contributed by atoms with Crippen LogP contribution in [-0.4, -0.2) is 91.0 Å². The van der Waals surface area contributed by atoms with Gasteiger partial charge in [-0.15, -0.1) is 0 Å². The van der Waals surface area contributed by atoms with Gasteiger partial charge in [-0.1, -0.05) is 93.0 Å². The summed E-state index contributed by atoms with van der Waals surface area (Å²) in [6.45, 7) is 8.79. The topological polar surface area (TPSA) is 93.1 Å². The van der Waals surface area contributed by atoms with E-state index in [9.17, 15) is 9.50 Å². The molecule has 4 aliphatic rings. The van der Waals surface area contributed by atoms with Gasteiger partial charge in [0.1, 0.15) is 47.5 Å². The Labute approximate surface area is 344 Å². The lowest BCUT2D eigenvalue weighted by atomic mass is 9.95. The van der Waals surface area contributed by atoms with E-state index in [1.54, 1.807) is 0 Å². The zero-order chi connectivity index (χ0) is 40.4. The first kappa shape index (κ1) is 39.1. The van der Waals surface area contributed by atoms with Gasteiger partial charge in [0.15, 0.2) is 5.82 Å². The number of likely N-dealkylation sites (N-methyl/N-ethyl adjacent to an activating group) is 1. The molecular formula is C45H50ClF2N5O4Si. The lowest BCUT2D eigenvalue weighted by Gasteiger charge is -2.43. The molecular weight excluding hydrogens is 776 g/mol. The Bertz CT molecular complexity index is 2290. The zero-order valence-corrected chi connectivity index (χ0v) is 35.2. The number of ether oxygens (including phenoxy) is 2. The molecule has 0 unspecified atom stereocenters. The average Bonchev–Trinajstić information content (AvgIpc) is 3.91. The molecule has 0 bridgehead atoms. The summed E-state index contributed by atoms with van der Waals surface area (Å²) >= 11 is 6.70. The molecule has 5 heterocycles. The second-order valence-corrected chi connectivity index (χ2v) is 22.2. The molecule has 58 heavy (non-hydrogen) atoms. The van der Waals surface area contributed by atoms with Crippen molar-refractivity contribution in [1.82, 2.24) is 19.9 Å². The van der Waals surface area contributed by atoms with E-state index in [2.05, 4.69) is 74.2 Å². The molecule has 3 aliphatic heterocycles. The first-order valence-corrected chi connectivity index (χ1v) is 22.7. The number of aromatic hydroxyl groups is 1. The molecule has 304 valence electrons. The van der Waals surface area contributed by atoms with Crippen LogP contribution >= 0.6 is 11.6 Å². The number of rotatable bonds is 11. The Morgan fingerprint density at radius 2 is 1.72 bits per heavy atom. The van der Waals surface area contributed by atoms with Gasteiger partial charge in [-0.2, -0.15) is 9.97 Å². The number of alkyl halides is 1. The second kappa shape index (κ2) is 15.0. The zero-order valence-electron chi connectivity index (χ0n) is 33.5. The lowest BCUT2D eigenvalue weighted by molar-refractivity contribution is 0.107. The van der Waals surface area contributed by atoms with Crippen LogP contribution in [0.2, 0.25) is 10.1 Å². The monoisotopic (exact) mass is 825 g/mol. The van der Waals surface area contributed by atoms with Crippen LogP contribution in [0.25, 0.3) is 22.2 Å². The van der Waals surface area contributed by atoms with E-state index in [4.69, 9.17) is 40.5 Å². The molecule has 13 heteroatoms. The minimum Gasteiger partial charge on any atom is -0.508 e. The van der Waals surface area contributed by atoms with Crippen molar-refractivity contribution < 1.29 is 27.8 Å². The summed E-state index contributed by atoms with van der Waals surface area (Å²) in [6.07, 6.45) is 3.59. The third-order valence-electron chi connectivity index (χ3n) is 12.8. The fourth-order valence-corrected chi connectivity index (χ4v) is 14.7. The van der Waals surface area contributed by atoms with Gasteiger partial charge in [-0.3, -0.25) is 4.90 Å². The van der Waals surface area contributed by atoms with Crippen LogP contribution in [0.3, 0.4) is 0 Å². The molecule has 0 radical (unpaired) electrons. The summed E-state index contributed by atoms with van der Waals surface area (Å²) in [5, 5.41) is 13.5. The van der Waals surface area contributed by atoms with Crippen molar-refractivity contribution in [1.29, 1.82) is 0 Å². The molecule has 9 rings (SSSR count). The third kappa shape index (κ3) is 6.79. The maximum atomic E-state index is 17.2. The number of nitrogens with zero attached hydrogens (tertiary/aromatic N) is 5. The van der Waals surface area contributed by atoms with Crippen molar-refractivity contribution in [3.8, 4) is 28.9 Å². The van der Waals surface area contributed by atoms with Gasteiger partial charge in [0, 0.05) is 37.2 Å². The lowest BCUT2D eigenvalue weighted by Crippen LogP contribution is -2.66. The van der Waals surface area contributed by atoms with Crippen molar-refractivity contribution in [3.05, 3.63) is 89.2 Å². The van der Waals surface area contributed by atoms with Crippen LogP contribution in [0.15, 0.2) is 72.8 Å². The van der Waals surface area contributed by atoms with E-state index in [1.807, 2.05) is 24.1 Å². The molecule has 1 N–H and O–H groups in total. The number of hydrogen-bond acceptors (Lipinski definition) is 9. The molecule has 0 amide bonds. The molecule has 5 aromatic rings. The van der Waals surface area contributed by atoms with Gasteiger partial charge in [-0.25, -0.2) is 13.8 Å². The Kier molecular flexibility index (Phi) is 10.1. The summed E-state index contributed by atoms with van der Waals surface area (Å²) in [5.74, 6) is -0.0357. The number of halogens is 3. The van der Waals surface area contributed by atoms with Gasteiger partial charge in [-0.05, 0) is 77.7 Å². The summed E-state index contributed by atoms with van der Waals surface area (Å²) < 4.78 is 52.2. The number of aromatic nitrogens is 3. The van der Waals surface area contributed by atoms with E-state index in [0.717, 1.165) is 37.8 Å². The Morgan fingerprint density at radius 3 is 2.40 bits per heavy atom. The maximum absolute atomic E-state index is 17.2. The van der Waals surface area contributed by atoms with E-state index >= 15 is 4.39 Å². The van der Waals surface area contributed by atoms with Crippen LogP contribution in [0, 0.1) is 5.82 Å². The summed E-state index contributed by atoms with van der Waals surface area (Å²) in [5.41, 5.74) is 0.683. The van der Waals surface area contributed by atoms with E-state index in [0.29, 0.717) is 47.8 Å². The Hall–Kier alpha value is -4.36.